The molecular weight excluding hydrogens is 319 g/mol. The maximum Gasteiger partial charge on any atom is 0.418 e. The van der Waals surface area contributed by atoms with Crippen LogP contribution in [0.2, 0.25) is 0 Å². The number of anilines is 1. The van der Waals surface area contributed by atoms with Crippen molar-refractivity contribution >= 4 is 23.4 Å². The van der Waals surface area contributed by atoms with Gasteiger partial charge in [0.25, 0.3) is 5.91 Å². The standard InChI is InChI=1S/C13H14F3N3O4/c14-13(15,16)8-3-1-2-4-9(8)18-11(21)6-5-10(20)17-7-12(22)19-23/h1-4,23H,5-7H2,(H,17,20)(H,18,21)(H,19,22). The number of hydroxylamine groups is 1. The van der Waals surface area contributed by atoms with Crippen LogP contribution in [0.5, 0.6) is 0 Å². The van der Waals surface area contributed by atoms with Crippen LogP contribution in [0.25, 0.3) is 0 Å². The van der Waals surface area contributed by atoms with Crippen LogP contribution in [0.4, 0.5) is 18.9 Å². The van der Waals surface area contributed by atoms with Crippen LogP contribution < -0.4 is 16.1 Å². The number of hydrogen-bond acceptors (Lipinski definition) is 4. The molecule has 0 saturated heterocycles. The lowest BCUT2D eigenvalue weighted by atomic mass is 10.1. The average Bonchev–Trinajstić information content (AvgIpc) is 2.50. The van der Waals surface area contributed by atoms with Crippen molar-refractivity contribution in [1.29, 1.82) is 0 Å². The molecule has 3 amide bonds. The zero-order chi connectivity index (χ0) is 17.5. The summed E-state index contributed by atoms with van der Waals surface area (Å²) in [5.41, 5.74) is -0.0879. The maximum atomic E-state index is 12.7. The van der Waals surface area contributed by atoms with Gasteiger partial charge in [0.2, 0.25) is 11.8 Å². The highest BCUT2D eigenvalue weighted by Crippen LogP contribution is 2.34. The number of alkyl halides is 3. The Morgan fingerprint density at radius 2 is 1.61 bits per heavy atom. The largest absolute Gasteiger partial charge is 0.418 e. The third kappa shape index (κ3) is 6.34. The summed E-state index contributed by atoms with van der Waals surface area (Å²) in [6, 6.07) is 4.46. The zero-order valence-corrected chi connectivity index (χ0v) is 11.7. The molecule has 0 aromatic heterocycles. The molecule has 0 radical (unpaired) electrons. The van der Waals surface area contributed by atoms with E-state index in [2.05, 4.69) is 10.6 Å². The van der Waals surface area contributed by atoms with Crippen molar-refractivity contribution in [2.24, 2.45) is 0 Å². The minimum absolute atomic E-state index is 0.321. The molecule has 0 aliphatic carbocycles. The van der Waals surface area contributed by atoms with Crippen molar-refractivity contribution in [1.82, 2.24) is 10.8 Å². The van der Waals surface area contributed by atoms with Crippen LogP contribution in [-0.4, -0.2) is 29.5 Å². The minimum Gasteiger partial charge on any atom is -0.347 e. The summed E-state index contributed by atoms with van der Waals surface area (Å²) in [5.74, 6) is -2.28. The first-order valence-electron chi connectivity index (χ1n) is 6.39. The molecule has 0 unspecified atom stereocenters. The van der Waals surface area contributed by atoms with Crippen LogP contribution in [0, 0.1) is 0 Å². The Morgan fingerprint density at radius 3 is 2.22 bits per heavy atom. The third-order valence-corrected chi connectivity index (χ3v) is 2.66. The normalized spacial score (nSPS) is 10.8. The Morgan fingerprint density at radius 1 is 1.00 bits per heavy atom. The Kier molecular flexibility index (Phi) is 6.51. The average molecular weight is 333 g/mol. The molecule has 126 valence electrons. The third-order valence-electron chi connectivity index (χ3n) is 2.66. The predicted molar refractivity (Wildman–Crippen MR) is 72.2 cm³/mol. The van der Waals surface area contributed by atoms with Crippen molar-refractivity contribution < 1.29 is 32.8 Å². The number of benzene rings is 1. The quantitative estimate of drug-likeness (QED) is 0.461. The van der Waals surface area contributed by atoms with E-state index >= 15 is 0 Å². The van der Waals surface area contributed by atoms with Gasteiger partial charge in [0.15, 0.2) is 0 Å². The van der Waals surface area contributed by atoms with Crippen molar-refractivity contribution in [3.8, 4) is 0 Å². The number of para-hydroxylation sites is 1. The van der Waals surface area contributed by atoms with Crippen molar-refractivity contribution in [3.63, 3.8) is 0 Å². The zero-order valence-electron chi connectivity index (χ0n) is 11.7. The van der Waals surface area contributed by atoms with Crippen molar-refractivity contribution in [3.05, 3.63) is 29.8 Å². The number of halogens is 3. The van der Waals surface area contributed by atoms with Crippen LogP contribution in [-0.2, 0) is 20.6 Å². The Bertz CT molecular complexity index is 590. The molecular formula is C13H14F3N3O4. The first kappa shape index (κ1) is 18.4. The van der Waals surface area contributed by atoms with E-state index < -0.39 is 41.7 Å². The van der Waals surface area contributed by atoms with E-state index in [1.54, 1.807) is 0 Å². The lowest BCUT2D eigenvalue weighted by molar-refractivity contribution is -0.137. The van der Waals surface area contributed by atoms with Gasteiger partial charge in [-0.3, -0.25) is 19.6 Å². The molecule has 1 aromatic rings. The van der Waals surface area contributed by atoms with Gasteiger partial charge in [0.1, 0.15) is 0 Å². The van der Waals surface area contributed by atoms with E-state index in [0.717, 1.165) is 12.1 Å². The molecule has 7 nitrogen and oxygen atoms in total. The molecule has 0 saturated carbocycles. The molecule has 0 aliphatic heterocycles. The second-order valence-electron chi connectivity index (χ2n) is 4.40. The second kappa shape index (κ2) is 8.13. The van der Waals surface area contributed by atoms with Crippen LogP contribution in [0.1, 0.15) is 18.4 Å². The summed E-state index contributed by atoms with van der Waals surface area (Å²) in [6.45, 7) is -0.478. The highest BCUT2D eigenvalue weighted by atomic mass is 19.4. The molecule has 0 bridgehead atoms. The molecule has 1 aromatic carbocycles. The van der Waals surface area contributed by atoms with Crippen LogP contribution >= 0.6 is 0 Å². The number of rotatable bonds is 6. The Balaban J connectivity index is 2.52. The molecule has 10 heteroatoms. The first-order valence-corrected chi connectivity index (χ1v) is 6.39. The molecule has 0 spiro atoms. The van der Waals surface area contributed by atoms with Crippen molar-refractivity contribution in [2.75, 3.05) is 11.9 Å². The number of hydrogen-bond donors (Lipinski definition) is 4. The molecule has 23 heavy (non-hydrogen) atoms. The highest BCUT2D eigenvalue weighted by Gasteiger charge is 2.33. The molecule has 0 atom stereocenters. The fourth-order valence-electron chi connectivity index (χ4n) is 1.59. The topological polar surface area (TPSA) is 108 Å². The Labute approximate surface area is 128 Å². The van der Waals surface area contributed by atoms with E-state index in [1.807, 2.05) is 0 Å². The summed E-state index contributed by atoms with van der Waals surface area (Å²) in [7, 11) is 0. The smallest absolute Gasteiger partial charge is 0.347 e. The van der Waals surface area contributed by atoms with E-state index in [-0.39, 0.29) is 12.8 Å². The first-order chi connectivity index (χ1) is 10.7. The molecule has 4 N–H and O–H groups in total. The van der Waals surface area contributed by atoms with Crippen LogP contribution in [0.15, 0.2) is 24.3 Å². The monoisotopic (exact) mass is 333 g/mol. The summed E-state index contributed by atoms with van der Waals surface area (Å²) >= 11 is 0. The van der Waals surface area contributed by atoms with E-state index in [4.69, 9.17) is 5.21 Å². The summed E-state index contributed by atoms with van der Waals surface area (Å²) in [6.07, 6.45) is -5.30. The van der Waals surface area contributed by atoms with Gasteiger partial charge in [0, 0.05) is 12.8 Å². The number of carbonyl (C=O) groups excluding carboxylic acids is 3. The SMILES string of the molecule is O=C(CNC(=O)CCC(=O)Nc1ccccc1C(F)(F)F)NO. The van der Waals surface area contributed by atoms with Gasteiger partial charge in [-0.05, 0) is 12.1 Å². The van der Waals surface area contributed by atoms with E-state index in [1.165, 1.54) is 17.6 Å². The molecule has 0 heterocycles. The maximum absolute atomic E-state index is 12.7. The van der Waals surface area contributed by atoms with Gasteiger partial charge in [-0.1, -0.05) is 12.1 Å². The van der Waals surface area contributed by atoms with E-state index in [9.17, 15) is 27.6 Å². The minimum atomic E-state index is -4.61. The van der Waals surface area contributed by atoms with E-state index in [0.29, 0.717) is 0 Å². The lowest BCUT2D eigenvalue weighted by Crippen LogP contribution is -2.35. The highest BCUT2D eigenvalue weighted by molar-refractivity contribution is 5.94. The van der Waals surface area contributed by atoms with Crippen molar-refractivity contribution in [2.45, 2.75) is 19.0 Å². The van der Waals surface area contributed by atoms with Gasteiger partial charge in [-0.2, -0.15) is 13.2 Å². The lowest BCUT2D eigenvalue weighted by Gasteiger charge is -2.13. The number of nitrogens with one attached hydrogen (secondary N) is 3. The van der Waals surface area contributed by atoms with Gasteiger partial charge in [-0.25, -0.2) is 5.48 Å². The number of amides is 3. The summed E-state index contributed by atoms with van der Waals surface area (Å²) in [4.78, 5) is 33.6. The summed E-state index contributed by atoms with van der Waals surface area (Å²) < 4.78 is 38.2. The number of carbonyl (C=O) groups is 3. The predicted octanol–water partition coefficient (Wildman–Crippen LogP) is 1.05. The van der Waals surface area contributed by atoms with Gasteiger partial charge >= 0.3 is 6.18 Å². The molecule has 0 fully saturated rings. The van der Waals surface area contributed by atoms with Gasteiger partial charge in [0.05, 0.1) is 17.8 Å². The second-order valence-corrected chi connectivity index (χ2v) is 4.40. The molecule has 1 rings (SSSR count). The van der Waals surface area contributed by atoms with Crippen LogP contribution in [0.3, 0.4) is 0 Å². The summed E-state index contributed by atoms with van der Waals surface area (Å²) in [5, 5.41) is 12.4. The van der Waals surface area contributed by atoms with Gasteiger partial charge < -0.3 is 10.6 Å². The molecule has 0 aliphatic rings. The fourth-order valence-corrected chi connectivity index (χ4v) is 1.59. The Hall–Kier alpha value is -2.62. The van der Waals surface area contributed by atoms with Gasteiger partial charge in [-0.15, -0.1) is 0 Å². The fraction of sp³-hybridized carbons (Fsp3) is 0.308.